The molecule has 1 aliphatic heterocycles. The van der Waals surface area contributed by atoms with Crippen LogP contribution in [0.15, 0.2) is 82.0 Å². The van der Waals surface area contributed by atoms with Crippen LogP contribution in [0.2, 0.25) is 0 Å². The Kier molecular flexibility index (Phi) is 5.47. The number of amides is 1. The SMILES string of the molecule is CCOc1ccc([C@H]2c3c(oc4ccc(C)cc4c3=O)C(=O)N2CCc2ccccc2)cc1. The van der Waals surface area contributed by atoms with Crippen LogP contribution in [0, 0.1) is 6.92 Å². The maximum atomic E-state index is 13.6. The molecule has 0 unspecified atom stereocenters. The number of nitrogens with zero attached hydrogens (tertiary/aromatic N) is 1. The fourth-order valence-corrected chi connectivity index (χ4v) is 4.52. The Morgan fingerprint density at radius 3 is 2.45 bits per heavy atom. The summed E-state index contributed by atoms with van der Waals surface area (Å²) in [6.07, 6.45) is 0.681. The van der Waals surface area contributed by atoms with Crippen molar-refractivity contribution in [1.82, 2.24) is 4.90 Å². The summed E-state index contributed by atoms with van der Waals surface area (Å²) in [4.78, 5) is 28.9. The summed E-state index contributed by atoms with van der Waals surface area (Å²) in [5, 5.41) is 0.502. The number of hydrogen-bond donors (Lipinski definition) is 0. The van der Waals surface area contributed by atoms with E-state index in [1.807, 2.05) is 80.6 Å². The van der Waals surface area contributed by atoms with E-state index in [2.05, 4.69) is 0 Å². The molecule has 166 valence electrons. The number of benzene rings is 3. The molecule has 33 heavy (non-hydrogen) atoms. The summed E-state index contributed by atoms with van der Waals surface area (Å²) in [6, 6.07) is 22.6. The average molecular weight is 440 g/mol. The molecule has 1 atom stereocenters. The maximum Gasteiger partial charge on any atom is 0.290 e. The van der Waals surface area contributed by atoms with Crippen molar-refractivity contribution in [3.8, 4) is 5.75 Å². The van der Waals surface area contributed by atoms with Crippen LogP contribution in [-0.2, 0) is 6.42 Å². The number of hydrogen-bond acceptors (Lipinski definition) is 4. The van der Waals surface area contributed by atoms with Crippen molar-refractivity contribution in [1.29, 1.82) is 0 Å². The monoisotopic (exact) mass is 439 g/mol. The molecular formula is C28H25NO4. The molecule has 1 amide bonds. The highest BCUT2D eigenvalue weighted by Crippen LogP contribution is 2.38. The number of aryl methyl sites for hydroxylation is 1. The summed E-state index contributed by atoms with van der Waals surface area (Å²) >= 11 is 0. The van der Waals surface area contributed by atoms with Crippen molar-refractivity contribution in [2.45, 2.75) is 26.3 Å². The van der Waals surface area contributed by atoms with E-state index >= 15 is 0 Å². The lowest BCUT2D eigenvalue weighted by Crippen LogP contribution is -2.31. The first-order valence-corrected chi connectivity index (χ1v) is 11.2. The molecule has 4 aromatic rings. The average Bonchev–Trinajstić information content (AvgIpc) is 3.11. The molecule has 0 radical (unpaired) electrons. The number of fused-ring (bicyclic) bond motifs is 2. The van der Waals surface area contributed by atoms with E-state index in [-0.39, 0.29) is 17.1 Å². The van der Waals surface area contributed by atoms with Crippen molar-refractivity contribution in [2.75, 3.05) is 13.2 Å². The normalized spacial score (nSPS) is 15.2. The van der Waals surface area contributed by atoms with Gasteiger partial charge < -0.3 is 14.1 Å². The second-order valence-electron chi connectivity index (χ2n) is 8.31. The molecule has 0 fully saturated rings. The summed E-state index contributed by atoms with van der Waals surface area (Å²) in [7, 11) is 0. The first kappa shape index (κ1) is 21.0. The fraction of sp³-hybridized carbons (Fsp3) is 0.214. The predicted octanol–water partition coefficient (Wildman–Crippen LogP) is 5.29. The summed E-state index contributed by atoms with van der Waals surface area (Å²) in [5.41, 5.74) is 3.66. The van der Waals surface area contributed by atoms with Gasteiger partial charge in [0.25, 0.3) is 5.91 Å². The van der Waals surface area contributed by atoms with Gasteiger partial charge in [0.05, 0.1) is 23.6 Å². The molecule has 0 bridgehead atoms. The van der Waals surface area contributed by atoms with Gasteiger partial charge in [0.15, 0.2) is 5.43 Å². The van der Waals surface area contributed by atoms with Gasteiger partial charge in [-0.1, -0.05) is 54.1 Å². The fourth-order valence-electron chi connectivity index (χ4n) is 4.52. The van der Waals surface area contributed by atoms with Crippen LogP contribution in [0.25, 0.3) is 11.0 Å². The van der Waals surface area contributed by atoms with E-state index in [9.17, 15) is 9.59 Å². The highest BCUT2D eigenvalue weighted by molar-refractivity contribution is 5.99. The first-order valence-electron chi connectivity index (χ1n) is 11.2. The predicted molar refractivity (Wildman–Crippen MR) is 128 cm³/mol. The van der Waals surface area contributed by atoms with Gasteiger partial charge in [0.2, 0.25) is 5.76 Å². The minimum atomic E-state index is -0.506. The molecule has 1 aromatic heterocycles. The molecule has 2 heterocycles. The number of carbonyl (C=O) groups excluding carboxylic acids is 1. The second kappa shape index (κ2) is 8.58. The standard InChI is InChI=1S/C28H25NO4/c1-3-32-21-12-10-20(11-13-21)25-24-26(30)22-17-18(2)9-14-23(22)33-27(24)28(31)29(25)16-15-19-7-5-4-6-8-19/h4-14,17,25H,3,15-16H2,1-2H3/t25-/m0/s1. The van der Waals surface area contributed by atoms with Crippen LogP contribution >= 0.6 is 0 Å². The van der Waals surface area contributed by atoms with E-state index in [0.717, 1.165) is 22.4 Å². The van der Waals surface area contributed by atoms with Gasteiger partial charge >= 0.3 is 0 Å². The molecule has 5 heteroatoms. The van der Waals surface area contributed by atoms with Gasteiger partial charge in [-0.15, -0.1) is 0 Å². The van der Waals surface area contributed by atoms with Gasteiger partial charge in [0.1, 0.15) is 11.3 Å². The number of carbonyl (C=O) groups is 1. The quantitative estimate of drug-likeness (QED) is 0.410. The van der Waals surface area contributed by atoms with Crippen molar-refractivity contribution >= 4 is 16.9 Å². The van der Waals surface area contributed by atoms with Crippen LogP contribution in [0.4, 0.5) is 0 Å². The molecule has 0 N–H and O–H groups in total. The summed E-state index contributed by atoms with van der Waals surface area (Å²) in [5.74, 6) is 0.644. The molecule has 1 aliphatic rings. The van der Waals surface area contributed by atoms with Crippen LogP contribution in [0.3, 0.4) is 0 Å². The van der Waals surface area contributed by atoms with Crippen LogP contribution in [-0.4, -0.2) is 24.0 Å². The molecule has 0 saturated carbocycles. The van der Waals surface area contributed by atoms with Crippen molar-refractivity contribution in [3.63, 3.8) is 0 Å². The van der Waals surface area contributed by atoms with Crippen LogP contribution in [0.5, 0.6) is 5.75 Å². The number of ether oxygens (including phenoxy) is 1. The lowest BCUT2D eigenvalue weighted by molar-refractivity contribution is 0.0730. The largest absolute Gasteiger partial charge is 0.494 e. The lowest BCUT2D eigenvalue weighted by Gasteiger charge is -2.25. The lowest BCUT2D eigenvalue weighted by atomic mass is 9.98. The van der Waals surface area contributed by atoms with Gasteiger partial charge in [-0.25, -0.2) is 0 Å². The van der Waals surface area contributed by atoms with Gasteiger partial charge in [-0.2, -0.15) is 0 Å². The van der Waals surface area contributed by atoms with E-state index in [4.69, 9.17) is 9.15 Å². The van der Waals surface area contributed by atoms with E-state index in [0.29, 0.717) is 36.1 Å². The highest BCUT2D eigenvalue weighted by Gasteiger charge is 2.42. The molecule has 0 saturated heterocycles. The topological polar surface area (TPSA) is 59.8 Å². The smallest absolute Gasteiger partial charge is 0.290 e. The molecular weight excluding hydrogens is 414 g/mol. The molecule has 0 spiro atoms. The van der Waals surface area contributed by atoms with E-state index in [1.54, 1.807) is 11.0 Å². The second-order valence-corrected chi connectivity index (χ2v) is 8.31. The third-order valence-electron chi connectivity index (χ3n) is 6.11. The highest BCUT2D eigenvalue weighted by atomic mass is 16.5. The Balaban J connectivity index is 1.62. The van der Waals surface area contributed by atoms with E-state index < -0.39 is 6.04 Å². The zero-order valence-electron chi connectivity index (χ0n) is 18.7. The minimum Gasteiger partial charge on any atom is -0.494 e. The Morgan fingerprint density at radius 2 is 1.73 bits per heavy atom. The third kappa shape index (κ3) is 3.80. The van der Waals surface area contributed by atoms with Gasteiger partial charge in [0, 0.05) is 6.54 Å². The maximum absolute atomic E-state index is 13.6. The van der Waals surface area contributed by atoms with Crippen molar-refractivity contribution in [2.24, 2.45) is 0 Å². The molecule has 3 aromatic carbocycles. The van der Waals surface area contributed by atoms with E-state index in [1.165, 1.54) is 0 Å². The van der Waals surface area contributed by atoms with Crippen molar-refractivity contribution < 1.29 is 13.9 Å². The Hall–Kier alpha value is -3.86. The molecule has 5 rings (SSSR count). The van der Waals surface area contributed by atoms with Gasteiger partial charge in [-0.3, -0.25) is 9.59 Å². The Labute approximate surface area is 192 Å². The van der Waals surface area contributed by atoms with Gasteiger partial charge in [-0.05, 0) is 55.7 Å². The molecule has 0 aliphatic carbocycles. The molecule has 5 nitrogen and oxygen atoms in total. The number of rotatable bonds is 6. The minimum absolute atomic E-state index is 0.142. The zero-order valence-corrected chi connectivity index (χ0v) is 18.7. The Bertz CT molecular complexity index is 1370. The zero-order chi connectivity index (χ0) is 22.9. The Morgan fingerprint density at radius 1 is 0.970 bits per heavy atom. The summed E-state index contributed by atoms with van der Waals surface area (Å²) in [6.45, 7) is 4.92. The van der Waals surface area contributed by atoms with Crippen LogP contribution in [0.1, 0.15) is 45.8 Å². The summed E-state index contributed by atoms with van der Waals surface area (Å²) < 4.78 is 11.6. The third-order valence-corrected chi connectivity index (χ3v) is 6.11. The first-order chi connectivity index (χ1) is 16.1. The van der Waals surface area contributed by atoms with Crippen LogP contribution < -0.4 is 10.2 Å². The van der Waals surface area contributed by atoms with Crippen molar-refractivity contribution in [3.05, 3.63) is 111 Å².